The molecule has 7 N–H and O–H groups in total. The number of carbonyl (C=O) groups excluding carboxylic acids is 2. The van der Waals surface area contributed by atoms with Crippen molar-refractivity contribution in [2.24, 2.45) is 17.2 Å². The topological polar surface area (TPSA) is 150 Å². The van der Waals surface area contributed by atoms with Crippen LogP contribution in [0, 0.1) is 0 Å². The van der Waals surface area contributed by atoms with E-state index in [2.05, 4.69) is 17.2 Å². The van der Waals surface area contributed by atoms with E-state index in [-0.39, 0.29) is 0 Å². The highest BCUT2D eigenvalue weighted by molar-refractivity contribution is 6.33. The first-order chi connectivity index (χ1) is 4.37. The summed E-state index contributed by atoms with van der Waals surface area (Å²) in [7, 11) is 0. The lowest BCUT2D eigenvalue weighted by Crippen LogP contribution is -2.29. The Morgan fingerprint density at radius 3 is 1.00 bits per heavy atom. The van der Waals surface area contributed by atoms with Crippen LogP contribution in [0.4, 0.5) is 4.79 Å². The summed E-state index contributed by atoms with van der Waals surface area (Å²) in [6, 6.07) is 0. The molecule has 10 heavy (non-hydrogen) atoms. The molecule has 0 aliphatic carbocycles. The average molecular weight is 149 g/mol. The zero-order valence-corrected chi connectivity index (χ0v) is 4.90. The minimum atomic E-state index is -1.33. The van der Waals surface area contributed by atoms with Crippen molar-refractivity contribution >= 4 is 17.9 Å². The molecule has 0 spiro atoms. The van der Waals surface area contributed by atoms with Gasteiger partial charge in [-0.05, 0) is 0 Å². The maximum absolute atomic E-state index is 9.45. The van der Waals surface area contributed by atoms with Crippen molar-refractivity contribution in [2.45, 2.75) is 0 Å². The molecular formula is C3H7N3O4. The highest BCUT2D eigenvalue weighted by Crippen LogP contribution is 1.44. The molecule has 7 nitrogen and oxygen atoms in total. The van der Waals surface area contributed by atoms with Gasteiger partial charge in [0.1, 0.15) is 0 Å². The summed E-state index contributed by atoms with van der Waals surface area (Å²) in [5, 5.41) is 7.19. The number of hydrogen-bond donors (Lipinski definition) is 4. The van der Waals surface area contributed by atoms with Gasteiger partial charge in [0.15, 0.2) is 0 Å². The summed E-state index contributed by atoms with van der Waals surface area (Å²) in [6.07, 6.45) is -1.33. The van der Waals surface area contributed by atoms with Gasteiger partial charge >= 0.3 is 17.9 Å². The van der Waals surface area contributed by atoms with E-state index in [0.717, 1.165) is 0 Å². The Labute approximate surface area is 55.8 Å². The number of rotatable bonds is 0. The van der Waals surface area contributed by atoms with Crippen molar-refractivity contribution < 1.29 is 19.5 Å². The molecule has 0 atom stereocenters. The Kier molecular flexibility index (Phi) is 5.92. The number of hydrogen-bond acceptors (Lipinski definition) is 3. The van der Waals surface area contributed by atoms with Gasteiger partial charge in [-0.3, -0.25) is 9.59 Å². The standard InChI is InChI=1S/C2H4N2O2.CH3NO2/c3-1(5)2(4)6;2-1(3)4/h(H2,3,5)(H2,4,6);2H2,(H,3,4). The van der Waals surface area contributed by atoms with Crippen LogP contribution in [-0.4, -0.2) is 23.0 Å². The molecule has 0 aromatic heterocycles. The molecule has 0 saturated carbocycles. The highest BCUT2D eigenvalue weighted by atomic mass is 16.4. The van der Waals surface area contributed by atoms with Gasteiger partial charge in [-0.15, -0.1) is 0 Å². The fourth-order valence-electron chi connectivity index (χ4n) is 0. The summed E-state index contributed by atoms with van der Waals surface area (Å²) >= 11 is 0. The molecule has 0 saturated heterocycles. The molecule has 0 aliphatic heterocycles. The van der Waals surface area contributed by atoms with Crippen molar-refractivity contribution in [3.8, 4) is 0 Å². The molecule has 0 heterocycles. The molecule has 0 fully saturated rings. The molecule has 0 radical (unpaired) electrons. The highest BCUT2D eigenvalue weighted by Gasteiger charge is 1.96. The van der Waals surface area contributed by atoms with Crippen LogP contribution in [0.1, 0.15) is 0 Å². The van der Waals surface area contributed by atoms with Gasteiger partial charge in [-0.2, -0.15) is 0 Å². The zero-order valence-electron chi connectivity index (χ0n) is 4.90. The largest absolute Gasteiger partial charge is 0.465 e. The van der Waals surface area contributed by atoms with Crippen molar-refractivity contribution in [2.75, 3.05) is 0 Å². The molecule has 7 heteroatoms. The Balaban J connectivity index is 0. The Hall–Kier alpha value is -1.79. The average Bonchev–Trinajstić information content (AvgIpc) is 1.63. The monoisotopic (exact) mass is 149 g/mol. The van der Waals surface area contributed by atoms with Crippen LogP contribution in [0.25, 0.3) is 0 Å². The molecule has 3 amide bonds. The van der Waals surface area contributed by atoms with E-state index in [1.165, 1.54) is 0 Å². The van der Waals surface area contributed by atoms with E-state index >= 15 is 0 Å². The first kappa shape index (κ1) is 11.1. The SMILES string of the molecule is NC(=O)C(N)=O.NC(=O)O. The summed E-state index contributed by atoms with van der Waals surface area (Å²) in [5.74, 6) is -2.20. The lowest BCUT2D eigenvalue weighted by molar-refractivity contribution is -0.135. The van der Waals surface area contributed by atoms with Crippen LogP contribution in [0.3, 0.4) is 0 Å². The minimum absolute atomic E-state index is 1.10. The Bertz CT molecular complexity index is 138. The number of nitrogens with two attached hydrogens (primary N) is 3. The van der Waals surface area contributed by atoms with Crippen molar-refractivity contribution in [3.05, 3.63) is 0 Å². The maximum atomic E-state index is 9.45. The lowest BCUT2D eigenvalue weighted by Gasteiger charge is -1.75. The van der Waals surface area contributed by atoms with Crippen molar-refractivity contribution in [1.29, 1.82) is 0 Å². The predicted molar refractivity (Wildman–Crippen MR) is 30.6 cm³/mol. The van der Waals surface area contributed by atoms with Crippen LogP contribution in [0.15, 0.2) is 0 Å². The second-order valence-corrected chi connectivity index (χ2v) is 1.07. The van der Waals surface area contributed by atoms with E-state index in [1.807, 2.05) is 0 Å². The van der Waals surface area contributed by atoms with Gasteiger partial charge < -0.3 is 22.3 Å². The molecule has 0 unspecified atom stereocenters. The van der Waals surface area contributed by atoms with Gasteiger partial charge in [0.05, 0.1) is 0 Å². The van der Waals surface area contributed by atoms with Crippen LogP contribution in [-0.2, 0) is 9.59 Å². The molecule has 0 rings (SSSR count). The van der Waals surface area contributed by atoms with Crippen molar-refractivity contribution in [1.82, 2.24) is 0 Å². The van der Waals surface area contributed by atoms with Gasteiger partial charge in [0, 0.05) is 0 Å². The second-order valence-electron chi connectivity index (χ2n) is 1.07. The molecule has 0 aromatic carbocycles. The van der Waals surface area contributed by atoms with E-state index in [9.17, 15) is 9.59 Å². The zero-order chi connectivity index (χ0) is 8.73. The van der Waals surface area contributed by atoms with E-state index in [1.54, 1.807) is 0 Å². The van der Waals surface area contributed by atoms with Crippen molar-refractivity contribution in [3.63, 3.8) is 0 Å². The van der Waals surface area contributed by atoms with Crippen LogP contribution < -0.4 is 17.2 Å². The third-order valence-corrected chi connectivity index (χ3v) is 0.243. The Morgan fingerprint density at radius 2 is 1.00 bits per heavy atom. The van der Waals surface area contributed by atoms with E-state index < -0.39 is 17.9 Å². The lowest BCUT2D eigenvalue weighted by atomic mass is 10.6. The minimum Gasteiger partial charge on any atom is -0.465 e. The molecule has 58 valence electrons. The molecule has 0 aromatic rings. The van der Waals surface area contributed by atoms with Gasteiger partial charge in [-0.1, -0.05) is 0 Å². The summed E-state index contributed by atoms with van der Waals surface area (Å²) in [4.78, 5) is 27.7. The molecule has 0 bridgehead atoms. The fraction of sp³-hybridized carbons (Fsp3) is 0. The van der Waals surface area contributed by atoms with Gasteiger partial charge in [-0.25, -0.2) is 4.79 Å². The Morgan fingerprint density at radius 1 is 0.900 bits per heavy atom. The first-order valence-electron chi connectivity index (χ1n) is 1.95. The van der Waals surface area contributed by atoms with E-state index in [0.29, 0.717) is 0 Å². The summed E-state index contributed by atoms with van der Waals surface area (Å²) in [6.45, 7) is 0. The van der Waals surface area contributed by atoms with Gasteiger partial charge in [0.25, 0.3) is 0 Å². The normalized spacial score (nSPS) is 6.80. The number of primary amides is 3. The quantitative estimate of drug-likeness (QED) is 0.283. The van der Waals surface area contributed by atoms with Gasteiger partial charge in [0.2, 0.25) is 0 Å². The number of carboxylic acid groups (broad SMARTS) is 1. The predicted octanol–water partition coefficient (Wildman–Crippen LogP) is -2.42. The number of carbonyl (C=O) groups is 3. The number of amides is 3. The summed E-state index contributed by atoms with van der Waals surface area (Å²) < 4.78 is 0. The van der Waals surface area contributed by atoms with E-state index in [4.69, 9.17) is 9.90 Å². The van der Waals surface area contributed by atoms with Crippen LogP contribution in [0.5, 0.6) is 0 Å². The van der Waals surface area contributed by atoms with Crippen LogP contribution in [0.2, 0.25) is 0 Å². The third kappa shape index (κ3) is 34.5. The molecule has 0 aliphatic rings. The second kappa shape index (κ2) is 5.35. The van der Waals surface area contributed by atoms with Crippen LogP contribution >= 0.6 is 0 Å². The fourth-order valence-corrected chi connectivity index (χ4v) is 0. The smallest absolute Gasteiger partial charge is 0.402 e. The maximum Gasteiger partial charge on any atom is 0.402 e. The molecular weight excluding hydrogens is 142 g/mol. The third-order valence-electron chi connectivity index (χ3n) is 0.243. The summed E-state index contributed by atoms with van der Waals surface area (Å²) in [5.41, 5.74) is 12.7. The first-order valence-corrected chi connectivity index (χ1v) is 1.95.